The predicted molar refractivity (Wildman–Crippen MR) is 118 cm³/mol. The Hall–Kier alpha value is -0.610. The van der Waals surface area contributed by atoms with E-state index in [1.54, 1.807) is 0 Å². The molecule has 0 bridgehead atoms. The van der Waals surface area contributed by atoms with Crippen molar-refractivity contribution in [3.8, 4) is 0 Å². The molecule has 0 aliphatic heterocycles. The van der Waals surface area contributed by atoms with Crippen LogP contribution in [0.2, 0.25) is 0 Å². The van der Waals surface area contributed by atoms with Crippen molar-refractivity contribution in [2.75, 3.05) is 0 Å². The first-order valence-corrected chi connectivity index (χ1v) is 12.7. The Kier molecular flexibility index (Phi) is 6.07. The van der Waals surface area contributed by atoms with Gasteiger partial charge in [-0.2, -0.15) is 0 Å². The molecule has 0 saturated heterocycles. The Morgan fingerprint density at radius 1 is 1.00 bits per heavy atom. The van der Waals surface area contributed by atoms with Gasteiger partial charge in [-0.25, -0.2) is 0 Å². The van der Waals surface area contributed by atoms with Gasteiger partial charge in [0.25, 0.3) is 0 Å². The molecule has 0 aromatic heterocycles. The van der Waals surface area contributed by atoms with E-state index in [0.29, 0.717) is 41.4 Å². The number of hydrogen-bond donors (Lipinski definition) is 3. The first-order valence-electron chi connectivity index (χ1n) is 12.7. The van der Waals surface area contributed by atoms with E-state index < -0.39 is 5.97 Å². The molecule has 4 nitrogen and oxygen atoms in total. The Bertz CT molecular complexity index is 649. The molecular weight excluding hydrogens is 376 g/mol. The van der Waals surface area contributed by atoms with Crippen LogP contribution in [0.4, 0.5) is 0 Å². The number of aliphatic carboxylic acids is 1. The number of rotatable bonds is 5. The van der Waals surface area contributed by atoms with Crippen LogP contribution in [0.3, 0.4) is 0 Å². The summed E-state index contributed by atoms with van der Waals surface area (Å²) in [6.07, 6.45) is 9.27. The second kappa shape index (κ2) is 8.06. The third-order valence-corrected chi connectivity index (χ3v) is 11.0. The van der Waals surface area contributed by atoms with Crippen molar-refractivity contribution >= 4 is 5.97 Å². The highest BCUT2D eigenvalue weighted by Gasteiger charge is 2.64. The van der Waals surface area contributed by atoms with Gasteiger partial charge in [0.05, 0.1) is 12.2 Å². The van der Waals surface area contributed by atoms with Gasteiger partial charge in [0, 0.05) is 6.42 Å². The van der Waals surface area contributed by atoms with E-state index in [-0.39, 0.29) is 29.5 Å². The van der Waals surface area contributed by atoms with Gasteiger partial charge in [-0.15, -0.1) is 0 Å². The zero-order valence-corrected chi connectivity index (χ0v) is 19.5. The summed E-state index contributed by atoms with van der Waals surface area (Å²) in [5.41, 5.74) is 0.480. The third kappa shape index (κ3) is 3.36. The van der Waals surface area contributed by atoms with Crippen molar-refractivity contribution in [3.05, 3.63) is 0 Å². The lowest BCUT2D eigenvalue weighted by Gasteiger charge is -2.64. The number of fused-ring (bicyclic) bond motifs is 5. The molecule has 0 aromatic carbocycles. The van der Waals surface area contributed by atoms with Crippen LogP contribution < -0.4 is 0 Å². The van der Waals surface area contributed by atoms with Crippen LogP contribution in [-0.2, 0) is 4.79 Å². The normalized spacial score (nSPS) is 51.5. The Morgan fingerprint density at radius 3 is 2.33 bits per heavy atom. The summed E-state index contributed by atoms with van der Waals surface area (Å²) in [6.45, 7) is 9.44. The molecule has 3 N–H and O–H groups in total. The van der Waals surface area contributed by atoms with Crippen LogP contribution in [0, 0.1) is 52.3 Å². The van der Waals surface area contributed by atoms with Gasteiger partial charge in [-0.3, -0.25) is 4.79 Å². The molecule has 4 unspecified atom stereocenters. The molecule has 0 aromatic rings. The van der Waals surface area contributed by atoms with Gasteiger partial charge in [0.15, 0.2) is 0 Å². The number of aliphatic hydroxyl groups is 2. The topological polar surface area (TPSA) is 77.8 Å². The molecule has 4 aliphatic rings. The number of carboxylic acid groups (broad SMARTS) is 1. The van der Waals surface area contributed by atoms with Gasteiger partial charge >= 0.3 is 5.97 Å². The van der Waals surface area contributed by atoms with Crippen LogP contribution in [0.25, 0.3) is 0 Å². The van der Waals surface area contributed by atoms with Crippen molar-refractivity contribution in [2.45, 2.75) is 104 Å². The van der Waals surface area contributed by atoms with Gasteiger partial charge in [-0.05, 0) is 104 Å². The number of hydrogen-bond acceptors (Lipinski definition) is 3. The largest absolute Gasteiger partial charge is 0.481 e. The SMILES string of the molecule is CC[C@@H]1[C@H](O)C2C3CCC([C@H](C)CCC(=O)O)[C@@]3(C)CCC2[C@@]2(C)CC[C@@H](O)C[C@@H]12. The Morgan fingerprint density at radius 2 is 1.67 bits per heavy atom. The van der Waals surface area contributed by atoms with Crippen LogP contribution in [0.5, 0.6) is 0 Å². The molecule has 0 amide bonds. The molecule has 4 saturated carbocycles. The fourth-order valence-electron chi connectivity index (χ4n) is 9.48. The van der Waals surface area contributed by atoms with Crippen LogP contribution in [-0.4, -0.2) is 33.5 Å². The fraction of sp³-hybridized carbons (Fsp3) is 0.962. The average molecular weight is 421 g/mol. The van der Waals surface area contributed by atoms with E-state index >= 15 is 0 Å². The zero-order chi connectivity index (χ0) is 21.8. The monoisotopic (exact) mass is 420 g/mol. The van der Waals surface area contributed by atoms with Crippen molar-refractivity contribution in [1.29, 1.82) is 0 Å². The minimum atomic E-state index is -0.683. The van der Waals surface area contributed by atoms with Crippen LogP contribution in [0.1, 0.15) is 91.9 Å². The summed E-state index contributed by atoms with van der Waals surface area (Å²) in [5.74, 6) is 2.58. The molecular formula is C26H44O4. The standard InChI is InChI=1S/C26H44O4/c1-5-17-21-14-16(27)10-12-26(21,4)20-11-13-25(3)18(15(2)6-9-22(28)29)7-8-19(25)23(20)24(17)30/h15-21,23-24,27,30H,5-14H2,1-4H3,(H,28,29)/t15-,16-,17+,18?,19?,20?,21+,23?,24+,25-,26-/m1/s1. The van der Waals surface area contributed by atoms with Crippen molar-refractivity contribution < 1.29 is 20.1 Å². The Labute approximate surface area is 182 Å². The fourth-order valence-corrected chi connectivity index (χ4v) is 9.48. The van der Waals surface area contributed by atoms with Crippen molar-refractivity contribution in [2.24, 2.45) is 52.3 Å². The van der Waals surface area contributed by atoms with Gasteiger partial charge in [-0.1, -0.05) is 34.1 Å². The first kappa shape index (κ1) is 22.6. The molecule has 0 heterocycles. The van der Waals surface area contributed by atoms with Crippen LogP contribution in [0.15, 0.2) is 0 Å². The number of carbonyl (C=O) groups is 1. The average Bonchev–Trinajstić information content (AvgIpc) is 3.05. The highest BCUT2D eigenvalue weighted by molar-refractivity contribution is 5.66. The Balaban J connectivity index is 1.61. The summed E-state index contributed by atoms with van der Waals surface area (Å²) in [7, 11) is 0. The molecule has 30 heavy (non-hydrogen) atoms. The second-order valence-corrected chi connectivity index (χ2v) is 12.0. The molecule has 4 heteroatoms. The first-order chi connectivity index (χ1) is 14.1. The maximum atomic E-state index is 11.7. The highest BCUT2D eigenvalue weighted by Crippen LogP contribution is 2.69. The van der Waals surface area contributed by atoms with Gasteiger partial charge in [0.2, 0.25) is 0 Å². The number of aliphatic hydroxyl groups excluding tert-OH is 2. The lowest BCUT2D eigenvalue weighted by atomic mass is 9.41. The molecule has 4 fully saturated rings. The molecule has 4 aliphatic carbocycles. The van der Waals surface area contributed by atoms with E-state index in [9.17, 15) is 15.0 Å². The highest BCUT2D eigenvalue weighted by atomic mass is 16.4. The lowest BCUT2D eigenvalue weighted by Crippen LogP contribution is -2.62. The predicted octanol–water partition coefficient (Wildman–Crippen LogP) is 5.11. The van der Waals surface area contributed by atoms with E-state index in [1.165, 1.54) is 25.7 Å². The van der Waals surface area contributed by atoms with Crippen molar-refractivity contribution in [3.63, 3.8) is 0 Å². The second-order valence-electron chi connectivity index (χ2n) is 12.0. The van der Waals surface area contributed by atoms with Gasteiger partial charge < -0.3 is 15.3 Å². The lowest BCUT2D eigenvalue weighted by molar-refractivity contribution is -0.203. The summed E-state index contributed by atoms with van der Waals surface area (Å²) >= 11 is 0. The molecule has 0 radical (unpaired) electrons. The molecule has 11 atom stereocenters. The minimum absolute atomic E-state index is 0.194. The van der Waals surface area contributed by atoms with Crippen molar-refractivity contribution in [1.82, 2.24) is 0 Å². The molecule has 4 rings (SSSR count). The van der Waals surface area contributed by atoms with E-state index in [0.717, 1.165) is 32.1 Å². The third-order valence-electron chi connectivity index (χ3n) is 11.0. The summed E-state index contributed by atoms with van der Waals surface area (Å²) in [5, 5.41) is 31.3. The maximum absolute atomic E-state index is 11.7. The smallest absolute Gasteiger partial charge is 0.303 e. The van der Waals surface area contributed by atoms with E-state index in [4.69, 9.17) is 5.11 Å². The van der Waals surface area contributed by atoms with Gasteiger partial charge in [0.1, 0.15) is 0 Å². The summed E-state index contributed by atoms with van der Waals surface area (Å²) < 4.78 is 0. The van der Waals surface area contributed by atoms with E-state index in [1.807, 2.05) is 0 Å². The molecule has 172 valence electrons. The van der Waals surface area contributed by atoms with E-state index in [2.05, 4.69) is 27.7 Å². The summed E-state index contributed by atoms with van der Waals surface area (Å²) in [4.78, 5) is 11.1. The summed E-state index contributed by atoms with van der Waals surface area (Å²) in [6, 6.07) is 0. The quantitative estimate of drug-likeness (QED) is 0.577. The van der Waals surface area contributed by atoms with Crippen LogP contribution >= 0.6 is 0 Å². The number of carboxylic acids is 1. The maximum Gasteiger partial charge on any atom is 0.303 e. The zero-order valence-electron chi connectivity index (χ0n) is 19.5. The minimum Gasteiger partial charge on any atom is -0.481 e. The molecule has 0 spiro atoms.